The lowest BCUT2D eigenvalue weighted by atomic mass is 10.0. The van der Waals surface area contributed by atoms with E-state index >= 15 is 0 Å². The molecule has 3 aliphatic rings. The van der Waals surface area contributed by atoms with Gasteiger partial charge in [0.05, 0.1) is 30.3 Å². The van der Waals surface area contributed by atoms with Gasteiger partial charge in [-0.25, -0.2) is 0 Å². The average Bonchev–Trinajstić information content (AvgIpc) is 3.59. The van der Waals surface area contributed by atoms with Crippen molar-refractivity contribution >= 4 is 23.2 Å². The molecule has 1 N–H and O–H groups in total. The van der Waals surface area contributed by atoms with E-state index in [4.69, 9.17) is 9.47 Å². The van der Waals surface area contributed by atoms with E-state index in [-0.39, 0.29) is 29.8 Å². The third-order valence-corrected chi connectivity index (χ3v) is 7.03. The summed E-state index contributed by atoms with van der Waals surface area (Å²) in [5.41, 5.74) is 1.83. The molecule has 3 fully saturated rings. The van der Waals surface area contributed by atoms with Gasteiger partial charge in [0.25, 0.3) is 0 Å². The van der Waals surface area contributed by atoms with E-state index in [9.17, 15) is 9.59 Å². The van der Waals surface area contributed by atoms with Crippen LogP contribution in [-0.2, 0) is 14.3 Å². The largest absolute Gasteiger partial charge is 0.490 e. The van der Waals surface area contributed by atoms with Crippen LogP contribution in [0.25, 0.3) is 0 Å². The Bertz CT molecular complexity index is 970. The molecule has 2 amide bonds. The summed E-state index contributed by atoms with van der Waals surface area (Å²) in [7, 11) is 0. The van der Waals surface area contributed by atoms with Gasteiger partial charge in [0, 0.05) is 57.5 Å². The molecule has 1 aromatic carbocycles. The predicted molar refractivity (Wildman–Crippen MR) is 129 cm³/mol. The topological polar surface area (TPSA) is 84.0 Å². The van der Waals surface area contributed by atoms with Gasteiger partial charge in [-0.2, -0.15) is 0 Å². The highest BCUT2D eigenvalue weighted by atomic mass is 16.5. The van der Waals surface area contributed by atoms with Crippen LogP contribution >= 0.6 is 0 Å². The van der Waals surface area contributed by atoms with Gasteiger partial charge in [0.15, 0.2) is 0 Å². The fraction of sp³-hybridized carbons (Fsp3) is 0.500. The van der Waals surface area contributed by atoms with Gasteiger partial charge in [-0.05, 0) is 49.2 Å². The Balaban J connectivity index is 1.07. The molecule has 180 valence electrons. The van der Waals surface area contributed by atoms with E-state index < -0.39 is 0 Å². The summed E-state index contributed by atoms with van der Waals surface area (Å²) in [5.74, 6) is 1.05. The summed E-state index contributed by atoms with van der Waals surface area (Å²) in [5, 5.41) is 3.04. The Morgan fingerprint density at radius 3 is 2.53 bits per heavy atom. The number of rotatable bonds is 6. The molecule has 8 heteroatoms. The number of hydrogen-bond donors (Lipinski definition) is 1. The Morgan fingerprint density at radius 1 is 1.00 bits per heavy atom. The summed E-state index contributed by atoms with van der Waals surface area (Å²) < 4.78 is 11.5. The summed E-state index contributed by atoms with van der Waals surface area (Å²) in [6.45, 7) is 4.26. The normalized spacial score (nSPS) is 23.2. The van der Waals surface area contributed by atoms with E-state index in [0.717, 1.165) is 62.4 Å². The van der Waals surface area contributed by atoms with E-state index in [1.54, 1.807) is 6.20 Å². The van der Waals surface area contributed by atoms with Gasteiger partial charge < -0.3 is 24.6 Å². The number of benzene rings is 1. The fourth-order valence-electron chi connectivity index (χ4n) is 4.98. The Hall–Kier alpha value is -3.13. The Morgan fingerprint density at radius 2 is 1.82 bits per heavy atom. The first-order chi connectivity index (χ1) is 16.7. The molecule has 8 nitrogen and oxygen atoms in total. The van der Waals surface area contributed by atoms with Crippen LogP contribution in [0, 0.1) is 11.8 Å². The number of carbonyl (C=O) groups is 2. The molecule has 34 heavy (non-hydrogen) atoms. The number of aromatic nitrogens is 1. The number of likely N-dealkylation sites (tertiary alicyclic amines) is 1. The van der Waals surface area contributed by atoms with Gasteiger partial charge in [-0.15, -0.1) is 0 Å². The first kappa shape index (κ1) is 22.7. The third kappa shape index (κ3) is 5.33. The monoisotopic (exact) mass is 464 g/mol. The maximum atomic E-state index is 12.7. The fourth-order valence-corrected chi connectivity index (χ4v) is 4.98. The predicted octanol–water partition coefficient (Wildman–Crippen LogP) is 2.95. The van der Waals surface area contributed by atoms with Crippen LogP contribution < -0.4 is 15.0 Å². The smallest absolute Gasteiger partial charge is 0.229 e. The molecule has 0 saturated carbocycles. The summed E-state index contributed by atoms with van der Waals surface area (Å²) in [4.78, 5) is 33.6. The second-order valence-electron chi connectivity index (χ2n) is 9.36. The minimum Gasteiger partial charge on any atom is -0.490 e. The maximum absolute atomic E-state index is 12.7. The third-order valence-electron chi connectivity index (χ3n) is 7.03. The van der Waals surface area contributed by atoms with Crippen LogP contribution in [0.4, 0.5) is 11.4 Å². The summed E-state index contributed by atoms with van der Waals surface area (Å²) in [6, 6.07) is 11.5. The van der Waals surface area contributed by atoms with Crippen molar-refractivity contribution in [3.8, 4) is 5.75 Å². The van der Waals surface area contributed by atoms with Crippen LogP contribution in [0.15, 0.2) is 48.8 Å². The molecule has 1 aromatic heterocycles. The minimum atomic E-state index is -0.0418. The molecule has 0 spiro atoms. The van der Waals surface area contributed by atoms with Gasteiger partial charge in [0.2, 0.25) is 11.8 Å². The van der Waals surface area contributed by atoms with Crippen molar-refractivity contribution in [2.75, 3.05) is 49.6 Å². The highest BCUT2D eigenvalue weighted by Gasteiger charge is 2.31. The van der Waals surface area contributed by atoms with Crippen molar-refractivity contribution < 1.29 is 19.1 Å². The molecule has 2 atom stereocenters. The van der Waals surface area contributed by atoms with Crippen molar-refractivity contribution in [3.63, 3.8) is 0 Å². The highest BCUT2D eigenvalue weighted by molar-refractivity contribution is 5.93. The lowest BCUT2D eigenvalue weighted by Crippen LogP contribution is -2.44. The number of hydrogen-bond acceptors (Lipinski definition) is 6. The second-order valence-corrected chi connectivity index (χ2v) is 9.36. The molecular weight excluding hydrogens is 432 g/mol. The Kier molecular flexibility index (Phi) is 6.94. The zero-order chi connectivity index (χ0) is 23.3. The van der Waals surface area contributed by atoms with Crippen molar-refractivity contribution in [1.29, 1.82) is 0 Å². The molecule has 4 heterocycles. The number of nitrogens with zero attached hydrogens (tertiary/aromatic N) is 3. The average molecular weight is 465 g/mol. The highest BCUT2D eigenvalue weighted by Crippen LogP contribution is 2.26. The van der Waals surface area contributed by atoms with Crippen LogP contribution in [0.3, 0.4) is 0 Å². The minimum absolute atomic E-state index is 0.0304. The molecule has 3 aliphatic heterocycles. The van der Waals surface area contributed by atoms with Crippen molar-refractivity contribution in [3.05, 3.63) is 48.8 Å². The second kappa shape index (κ2) is 10.4. The van der Waals surface area contributed by atoms with Crippen LogP contribution in [-0.4, -0.2) is 67.2 Å². The first-order valence-electron chi connectivity index (χ1n) is 12.2. The number of carbonyl (C=O) groups excluding carboxylic acids is 2. The van der Waals surface area contributed by atoms with Crippen LogP contribution in [0.1, 0.15) is 25.7 Å². The molecule has 0 radical (unpaired) electrons. The summed E-state index contributed by atoms with van der Waals surface area (Å²) >= 11 is 0. The molecule has 0 bridgehead atoms. The van der Waals surface area contributed by atoms with Crippen molar-refractivity contribution in [2.24, 2.45) is 11.8 Å². The molecular formula is C26H32N4O4. The molecule has 5 rings (SSSR count). The van der Waals surface area contributed by atoms with E-state index in [1.165, 1.54) is 0 Å². The standard InChI is InChI=1S/C26H32N4O4/c31-25(19-7-12-30(17-19)22-2-1-11-27-16-22)28-21-3-5-23(6-4-21)34-24-8-13-29(14-9-24)26(32)20-10-15-33-18-20/h1-6,11,16,19-20,24H,7-10,12-15,17-18H2,(H,28,31)/t19-,20?/m0/s1. The van der Waals surface area contributed by atoms with Crippen LogP contribution in [0.2, 0.25) is 0 Å². The lowest BCUT2D eigenvalue weighted by molar-refractivity contribution is -0.137. The quantitative estimate of drug-likeness (QED) is 0.708. The number of pyridine rings is 1. The first-order valence-corrected chi connectivity index (χ1v) is 12.2. The SMILES string of the molecule is O=C(Nc1ccc(OC2CCN(C(=O)C3CCOC3)CC2)cc1)[C@H]1CCN(c2cccnc2)C1. The molecule has 1 unspecified atom stereocenters. The zero-order valence-corrected chi connectivity index (χ0v) is 19.4. The van der Waals surface area contributed by atoms with Crippen LogP contribution in [0.5, 0.6) is 5.75 Å². The van der Waals surface area contributed by atoms with Gasteiger partial charge in [-0.1, -0.05) is 0 Å². The number of amides is 2. The van der Waals surface area contributed by atoms with E-state index in [2.05, 4.69) is 15.2 Å². The molecule has 3 saturated heterocycles. The maximum Gasteiger partial charge on any atom is 0.229 e. The lowest BCUT2D eigenvalue weighted by Gasteiger charge is -2.33. The zero-order valence-electron chi connectivity index (χ0n) is 19.4. The van der Waals surface area contributed by atoms with Crippen molar-refractivity contribution in [1.82, 2.24) is 9.88 Å². The van der Waals surface area contributed by atoms with Crippen molar-refractivity contribution in [2.45, 2.75) is 31.8 Å². The van der Waals surface area contributed by atoms with E-state index in [1.807, 2.05) is 47.5 Å². The number of piperidine rings is 1. The Labute approximate surface area is 200 Å². The molecule has 0 aliphatic carbocycles. The summed E-state index contributed by atoms with van der Waals surface area (Å²) in [6.07, 6.45) is 7.01. The van der Waals surface area contributed by atoms with Gasteiger partial charge in [0.1, 0.15) is 11.9 Å². The van der Waals surface area contributed by atoms with Gasteiger partial charge in [-0.3, -0.25) is 14.6 Å². The number of nitrogens with one attached hydrogen (secondary N) is 1. The number of ether oxygens (including phenoxy) is 2. The van der Waals surface area contributed by atoms with Gasteiger partial charge >= 0.3 is 0 Å². The molecule has 2 aromatic rings. The number of anilines is 2. The van der Waals surface area contributed by atoms with E-state index in [0.29, 0.717) is 19.8 Å².